The van der Waals surface area contributed by atoms with E-state index in [0.717, 1.165) is 43.6 Å². The molecular weight excluding hydrogens is 557 g/mol. The molecule has 4 aromatic rings. The minimum Gasteiger partial charge on any atom is -0.443 e. The quantitative estimate of drug-likeness (QED) is 0.225. The number of nitrogens with zero attached hydrogens (tertiary/aromatic N) is 2. The van der Waals surface area contributed by atoms with Gasteiger partial charge < -0.3 is 19.1 Å². The van der Waals surface area contributed by atoms with Crippen LogP contribution in [0.1, 0.15) is 52.7 Å². The van der Waals surface area contributed by atoms with Crippen LogP contribution in [-0.4, -0.2) is 45.8 Å². The second-order valence-electron chi connectivity index (χ2n) is 12.1. The molecule has 1 N–H and O–H groups in total. The maximum Gasteiger partial charge on any atom is 0.419 e. The summed E-state index contributed by atoms with van der Waals surface area (Å²) in [7, 11) is 0.441. The van der Waals surface area contributed by atoms with E-state index in [1.54, 1.807) is 41.5 Å². The number of hydrogen-bond donors (Lipinski definition) is 1. The summed E-state index contributed by atoms with van der Waals surface area (Å²) in [5.74, 6) is 0. The number of rotatable bonds is 6. The Bertz CT molecular complexity index is 1560. The van der Waals surface area contributed by atoms with Crippen molar-refractivity contribution in [3.8, 4) is 0 Å². The molecule has 3 aromatic carbocycles. The molecule has 4 rings (SSSR count). The number of aromatic nitrogens is 1. The highest BCUT2D eigenvalue weighted by Crippen LogP contribution is 2.40. The number of nitrogens with one attached hydrogen (secondary N) is 1. The topological polar surface area (TPSA) is 72.8 Å². The summed E-state index contributed by atoms with van der Waals surface area (Å²) < 4.78 is 13.5. The van der Waals surface area contributed by atoms with E-state index in [1.165, 1.54) is 5.56 Å². The highest BCUT2D eigenvalue weighted by Gasteiger charge is 2.31. The van der Waals surface area contributed by atoms with Crippen molar-refractivity contribution in [1.29, 1.82) is 0 Å². The minimum atomic E-state index is -0.773. The normalized spacial score (nSPS) is 12.3. The van der Waals surface area contributed by atoms with Crippen molar-refractivity contribution in [1.82, 2.24) is 9.24 Å². The van der Waals surface area contributed by atoms with Crippen LogP contribution >= 0.6 is 20.3 Å². The number of carbonyl (C=O) groups excluding carboxylic acids is 2. The number of imide groups is 1. The minimum absolute atomic E-state index is 0.0701. The number of hydrogen-bond acceptors (Lipinski definition) is 5. The molecule has 1 heterocycles. The largest absolute Gasteiger partial charge is 0.443 e. The van der Waals surface area contributed by atoms with E-state index in [4.69, 9.17) is 21.1 Å². The summed E-state index contributed by atoms with van der Waals surface area (Å²) in [5.41, 5.74) is 4.54. The average molecular weight is 596 g/mol. The smallest absolute Gasteiger partial charge is 0.419 e. The van der Waals surface area contributed by atoms with Crippen LogP contribution in [0.2, 0.25) is 5.02 Å². The fourth-order valence-electron chi connectivity index (χ4n) is 4.66. The number of fused-ring (bicyclic) bond motifs is 3. The number of benzene rings is 3. The lowest BCUT2D eigenvalue weighted by atomic mass is 10.0. The molecule has 218 valence electrons. The highest BCUT2D eigenvalue weighted by molar-refractivity contribution is 7.35. The third kappa shape index (κ3) is 7.33. The first kappa shape index (κ1) is 30.7. The number of amides is 2. The van der Waals surface area contributed by atoms with Crippen LogP contribution in [0.3, 0.4) is 0 Å². The summed E-state index contributed by atoms with van der Waals surface area (Å²) >= 11 is 6.41. The van der Waals surface area contributed by atoms with Crippen LogP contribution in [0.15, 0.2) is 54.6 Å². The average Bonchev–Trinajstić information content (AvgIpc) is 3.17. The van der Waals surface area contributed by atoms with E-state index in [1.807, 2.05) is 36.4 Å². The van der Waals surface area contributed by atoms with Gasteiger partial charge in [-0.1, -0.05) is 35.4 Å². The molecule has 0 bridgehead atoms. The van der Waals surface area contributed by atoms with Gasteiger partial charge >= 0.3 is 12.2 Å². The van der Waals surface area contributed by atoms with Gasteiger partial charge in [0, 0.05) is 39.3 Å². The second kappa shape index (κ2) is 11.9. The Morgan fingerprint density at radius 3 is 2.07 bits per heavy atom. The molecule has 0 saturated heterocycles. The first-order valence-corrected chi connectivity index (χ1v) is 15.5. The van der Waals surface area contributed by atoms with Crippen molar-refractivity contribution in [2.24, 2.45) is 0 Å². The van der Waals surface area contributed by atoms with Crippen molar-refractivity contribution in [3.63, 3.8) is 0 Å². The SMILES string of the molecule is CPn1c2ccc(Cl)cc2c2ccc(Nc3ccc(C)cc3)c(CCN(C(=O)OC(C)(C)C)C(=O)OC(C)(C)C)c21. The molecule has 41 heavy (non-hydrogen) atoms. The molecule has 0 aliphatic rings. The van der Waals surface area contributed by atoms with E-state index in [2.05, 4.69) is 41.4 Å². The molecule has 0 aliphatic carbocycles. The van der Waals surface area contributed by atoms with Gasteiger partial charge in [-0.15, -0.1) is 0 Å². The van der Waals surface area contributed by atoms with E-state index >= 15 is 0 Å². The lowest BCUT2D eigenvalue weighted by molar-refractivity contribution is 0.00172. The lowest BCUT2D eigenvalue weighted by Gasteiger charge is -2.29. The number of halogens is 1. The zero-order chi connectivity index (χ0) is 30.1. The predicted molar refractivity (Wildman–Crippen MR) is 171 cm³/mol. The van der Waals surface area contributed by atoms with Gasteiger partial charge in [-0.2, -0.15) is 0 Å². The van der Waals surface area contributed by atoms with Crippen molar-refractivity contribution in [2.45, 2.75) is 66.1 Å². The summed E-state index contributed by atoms with van der Waals surface area (Å²) in [6.45, 7) is 14.9. The molecule has 1 unspecified atom stereocenters. The van der Waals surface area contributed by atoms with Gasteiger partial charge in [-0.05, 0) is 107 Å². The molecule has 0 fully saturated rings. The predicted octanol–water partition coefficient (Wildman–Crippen LogP) is 9.29. The zero-order valence-electron chi connectivity index (χ0n) is 25.0. The molecule has 0 saturated carbocycles. The number of ether oxygens (including phenoxy) is 2. The molecule has 0 radical (unpaired) electrons. The van der Waals surface area contributed by atoms with Gasteiger partial charge in [0.15, 0.2) is 0 Å². The Kier molecular flexibility index (Phi) is 8.91. The summed E-state index contributed by atoms with van der Waals surface area (Å²) in [4.78, 5) is 27.6. The van der Waals surface area contributed by atoms with Crippen LogP contribution in [0.25, 0.3) is 21.8 Å². The Morgan fingerprint density at radius 1 is 0.902 bits per heavy atom. The Morgan fingerprint density at radius 2 is 1.51 bits per heavy atom. The molecule has 9 heteroatoms. The third-order valence-corrected chi connectivity index (χ3v) is 7.51. The van der Waals surface area contributed by atoms with E-state index in [9.17, 15) is 9.59 Å². The Hall–Kier alpha value is -3.28. The number of aryl methyl sites for hydroxylation is 1. The van der Waals surface area contributed by atoms with Gasteiger partial charge in [-0.3, -0.25) is 0 Å². The first-order chi connectivity index (χ1) is 19.2. The molecule has 7 nitrogen and oxygen atoms in total. The summed E-state index contributed by atoms with van der Waals surface area (Å²) in [5, 5.41) is 6.35. The fourth-order valence-corrected chi connectivity index (χ4v) is 5.75. The van der Waals surface area contributed by atoms with Crippen LogP contribution in [-0.2, 0) is 15.9 Å². The Balaban J connectivity index is 1.84. The molecular formula is C32H39ClN3O4P. The molecule has 1 atom stereocenters. The van der Waals surface area contributed by atoms with E-state index in [0.29, 0.717) is 20.2 Å². The monoisotopic (exact) mass is 595 g/mol. The number of carbonyl (C=O) groups is 2. The van der Waals surface area contributed by atoms with Gasteiger partial charge in [0.25, 0.3) is 0 Å². The van der Waals surface area contributed by atoms with Crippen LogP contribution < -0.4 is 5.32 Å². The van der Waals surface area contributed by atoms with Crippen LogP contribution in [0, 0.1) is 6.92 Å². The number of anilines is 2. The van der Waals surface area contributed by atoms with Crippen molar-refractivity contribution >= 4 is 65.7 Å². The summed E-state index contributed by atoms with van der Waals surface area (Å²) in [6.07, 6.45) is -1.10. The standard InChI is InChI=1S/C32H39ClN3O4P/c1-20-9-12-22(13-10-20)34-26-15-14-23-25-19-21(33)11-16-27(25)36(41-8)28(23)24(26)17-18-35(29(37)39-31(2,3)4)30(38)40-32(5,6)7/h9-16,19,34,41H,17-18H2,1-8H3. The maximum absolute atomic E-state index is 13.2. The van der Waals surface area contributed by atoms with Gasteiger partial charge in [0.2, 0.25) is 0 Å². The van der Waals surface area contributed by atoms with E-state index in [-0.39, 0.29) is 6.54 Å². The highest BCUT2D eigenvalue weighted by atomic mass is 35.5. The summed E-state index contributed by atoms with van der Waals surface area (Å²) in [6, 6.07) is 18.3. The second-order valence-corrected chi connectivity index (χ2v) is 13.4. The molecule has 2 amide bonds. The van der Waals surface area contributed by atoms with Gasteiger partial charge in [0.05, 0.1) is 11.0 Å². The van der Waals surface area contributed by atoms with Crippen LogP contribution in [0.4, 0.5) is 21.0 Å². The maximum atomic E-state index is 13.2. The molecule has 0 spiro atoms. The van der Waals surface area contributed by atoms with Gasteiger partial charge in [-0.25, -0.2) is 14.5 Å². The zero-order valence-corrected chi connectivity index (χ0v) is 26.8. The third-order valence-electron chi connectivity index (χ3n) is 6.36. The van der Waals surface area contributed by atoms with Crippen LogP contribution in [0.5, 0.6) is 0 Å². The molecule has 0 aliphatic heterocycles. The van der Waals surface area contributed by atoms with Crippen molar-refractivity contribution in [2.75, 3.05) is 18.5 Å². The molecule has 1 aromatic heterocycles. The first-order valence-electron chi connectivity index (χ1n) is 13.7. The van der Waals surface area contributed by atoms with E-state index < -0.39 is 23.4 Å². The van der Waals surface area contributed by atoms with Gasteiger partial charge in [0.1, 0.15) is 11.2 Å². The Labute approximate surface area is 249 Å². The lowest BCUT2D eigenvalue weighted by Crippen LogP contribution is -2.44. The van der Waals surface area contributed by atoms with Crippen molar-refractivity contribution in [3.05, 3.63) is 70.7 Å². The van der Waals surface area contributed by atoms with Crippen molar-refractivity contribution < 1.29 is 19.1 Å². The fraction of sp³-hybridized carbons (Fsp3) is 0.375.